The van der Waals surface area contributed by atoms with Gasteiger partial charge >= 0.3 is 5.97 Å². The van der Waals surface area contributed by atoms with Crippen LogP contribution in [0.25, 0.3) is 11.0 Å². The lowest BCUT2D eigenvalue weighted by molar-refractivity contribution is 0.0665. The van der Waals surface area contributed by atoms with Gasteiger partial charge in [0.15, 0.2) is 0 Å². The van der Waals surface area contributed by atoms with Gasteiger partial charge in [-0.1, -0.05) is 6.07 Å². The van der Waals surface area contributed by atoms with Crippen LogP contribution in [0.1, 0.15) is 16.1 Å². The van der Waals surface area contributed by atoms with Gasteiger partial charge in [-0.15, -0.1) is 0 Å². The molecule has 2 aromatic rings. The number of aromatic carboxylic acids is 1. The van der Waals surface area contributed by atoms with Crippen LogP contribution in [-0.2, 0) is 11.3 Å². The quantitative estimate of drug-likeness (QED) is 0.765. The number of benzene rings is 1. The highest BCUT2D eigenvalue weighted by Gasteiger charge is 2.10. The molecule has 1 heterocycles. The van der Waals surface area contributed by atoms with E-state index in [-0.39, 0.29) is 5.76 Å². The number of carboxylic acid groups (broad SMARTS) is 1. The zero-order chi connectivity index (χ0) is 13.0. The summed E-state index contributed by atoms with van der Waals surface area (Å²) in [5.41, 5.74) is 1.67. The summed E-state index contributed by atoms with van der Waals surface area (Å²) in [5, 5.41) is 12.9. The summed E-state index contributed by atoms with van der Waals surface area (Å²) >= 11 is 0. The standard InChI is InChI=1S/C13H15NO4/c1-17-5-4-14-8-9-2-3-11-10(6-9)7-12(18-11)13(15)16/h2-3,6-7,14H,4-5,8H2,1H3,(H,15,16). The first-order valence-electron chi connectivity index (χ1n) is 5.66. The van der Waals surface area contributed by atoms with E-state index in [0.717, 1.165) is 17.5 Å². The maximum Gasteiger partial charge on any atom is 0.371 e. The van der Waals surface area contributed by atoms with E-state index in [2.05, 4.69) is 5.32 Å². The fourth-order valence-electron chi connectivity index (χ4n) is 1.72. The predicted octanol–water partition coefficient (Wildman–Crippen LogP) is 1.87. The maximum atomic E-state index is 10.8. The summed E-state index contributed by atoms with van der Waals surface area (Å²) in [6, 6.07) is 7.16. The van der Waals surface area contributed by atoms with Gasteiger partial charge in [0.2, 0.25) is 5.76 Å². The molecule has 96 valence electrons. The summed E-state index contributed by atoms with van der Waals surface area (Å²) < 4.78 is 10.1. The van der Waals surface area contributed by atoms with Crippen molar-refractivity contribution in [1.82, 2.24) is 5.32 Å². The fraction of sp³-hybridized carbons (Fsp3) is 0.308. The smallest absolute Gasteiger partial charge is 0.371 e. The highest BCUT2D eigenvalue weighted by molar-refractivity contribution is 5.91. The van der Waals surface area contributed by atoms with Crippen molar-refractivity contribution in [2.75, 3.05) is 20.3 Å². The molecule has 0 bridgehead atoms. The molecule has 0 unspecified atom stereocenters. The third-order valence-electron chi connectivity index (χ3n) is 2.60. The minimum atomic E-state index is -1.05. The number of carbonyl (C=O) groups is 1. The third kappa shape index (κ3) is 2.88. The molecule has 1 aromatic heterocycles. The van der Waals surface area contributed by atoms with Crippen LogP contribution >= 0.6 is 0 Å². The number of nitrogens with one attached hydrogen (secondary N) is 1. The summed E-state index contributed by atoms with van der Waals surface area (Å²) in [5.74, 6) is -1.08. The summed E-state index contributed by atoms with van der Waals surface area (Å²) in [7, 11) is 1.66. The summed E-state index contributed by atoms with van der Waals surface area (Å²) in [6.45, 7) is 2.16. The molecule has 0 spiro atoms. The molecule has 5 nitrogen and oxygen atoms in total. The van der Waals surface area contributed by atoms with Crippen LogP contribution < -0.4 is 5.32 Å². The van der Waals surface area contributed by atoms with E-state index < -0.39 is 5.97 Å². The average Bonchev–Trinajstić information content (AvgIpc) is 2.78. The zero-order valence-corrected chi connectivity index (χ0v) is 10.1. The molecule has 1 aromatic carbocycles. The second-order valence-corrected chi connectivity index (χ2v) is 3.96. The predicted molar refractivity (Wildman–Crippen MR) is 66.8 cm³/mol. The maximum absolute atomic E-state index is 10.8. The summed E-state index contributed by atoms with van der Waals surface area (Å²) in [4.78, 5) is 10.8. The Kier molecular flexibility index (Phi) is 3.96. The molecule has 0 fully saturated rings. The monoisotopic (exact) mass is 249 g/mol. The number of ether oxygens (including phenoxy) is 1. The van der Waals surface area contributed by atoms with E-state index in [1.165, 1.54) is 6.07 Å². The lowest BCUT2D eigenvalue weighted by atomic mass is 10.1. The largest absolute Gasteiger partial charge is 0.475 e. The number of rotatable bonds is 6. The molecule has 5 heteroatoms. The van der Waals surface area contributed by atoms with Crippen molar-refractivity contribution in [3.8, 4) is 0 Å². The molecule has 18 heavy (non-hydrogen) atoms. The number of fused-ring (bicyclic) bond motifs is 1. The first-order valence-corrected chi connectivity index (χ1v) is 5.66. The van der Waals surface area contributed by atoms with Gasteiger partial charge in [0.25, 0.3) is 0 Å². The molecular weight excluding hydrogens is 234 g/mol. The van der Waals surface area contributed by atoms with Crippen LogP contribution in [0.4, 0.5) is 0 Å². The van der Waals surface area contributed by atoms with Crippen LogP contribution in [0.3, 0.4) is 0 Å². The SMILES string of the molecule is COCCNCc1ccc2oc(C(=O)O)cc2c1. The van der Waals surface area contributed by atoms with Gasteiger partial charge in [0.1, 0.15) is 5.58 Å². The topological polar surface area (TPSA) is 71.7 Å². The molecule has 0 saturated heterocycles. The average molecular weight is 249 g/mol. The van der Waals surface area contributed by atoms with Crippen LogP contribution in [-0.4, -0.2) is 31.3 Å². The molecule has 0 atom stereocenters. The molecule has 0 amide bonds. The van der Waals surface area contributed by atoms with E-state index in [1.54, 1.807) is 13.2 Å². The number of furan rings is 1. The van der Waals surface area contributed by atoms with Crippen molar-refractivity contribution in [3.05, 3.63) is 35.6 Å². The minimum absolute atomic E-state index is 0.0329. The van der Waals surface area contributed by atoms with E-state index >= 15 is 0 Å². The van der Waals surface area contributed by atoms with Crippen molar-refractivity contribution in [2.24, 2.45) is 0 Å². The van der Waals surface area contributed by atoms with Crippen molar-refractivity contribution < 1.29 is 19.1 Å². The van der Waals surface area contributed by atoms with Crippen molar-refractivity contribution in [2.45, 2.75) is 6.54 Å². The van der Waals surface area contributed by atoms with E-state index in [9.17, 15) is 4.79 Å². The molecule has 0 saturated carbocycles. The number of carboxylic acids is 1. The van der Waals surface area contributed by atoms with E-state index in [0.29, 0.717) is 18.7 Å². The van der Waals surface area contributed by atoms with Crippen molar-refractivity contribution in [1.29, 1.82) is 0 Å². The van der Waals surface area contributed by atoms with Gasteiger partial charge in [-0.25, -0.2) is 4.79 Å². The molecule has 0 aliphatic heterocycles. The normalized spacial score (nSPS) is 10.9. The number of hydrogen-bond donors (Lipinski definition) is 2. The van der Waals surface area contributed by atoms with E-state index in [1.807, 2.05) is 12.1 Å². The Morgan fingerprint density at radius 3 is 3.00 bits per heavy atom. The van der Waals surface area contributed by atoms with Crippen molar-refractivity contribution >= 4 is 16.9 Å². The van der Waals surface area contributed by atoms with Gasteiger partial charge in [0.05, 0.1) is 6.61 Å². The third-order valence-corrected chi connectivity index (χ3v) is 2.60. The Labute approximate surface area is 104 Å². The second kappa shape index (κ2) is 5.66. The van der Waals surface area contributed by atoms with Crippen LogP contribution in [0.2, 0.25) is 0 Å². The Balaban J connectivity index is 2.09. The molecule has 2 N–H and O–H groups in total. The number of methoxy groups -OCH3 is 1. The molecular formula is C13H15NO4. The van der Waals surface area contributed by atoms with Crippen LogP contribution in [0.15, 0.2) is 28.7 Å². The van der Waals surface area contributed by atoms with Gasteiger partial charge < -0.3 is 19.6 Å². The van der Waals surface area contributed by atoms with Gasteiger partial charge in [-0.2, -0.15) is 0 Å². The lowest BCUT2D eigenvalue weighted by Crippen LogP contribution is -2.18. The van der Waals surface area contributed by atoms with E-state index in [4.69, 9.17) is 14.3 Å². The minimum Gasteiger partial charge on any atom is -0.475 e. The number of hydrogen-bond acceptors (Lipinski definition) is 4. The first-order chi connectivity index (χ1) is 8.70. The Morgan fingerprint density at radius 2 is 2.28 bits per heavy atom. The van der Waals surface area contributed by atoms with Gasteiger partial charge in [-0.3, -0.25) is 0 Å². The Hall–Kier alpha value is -1.85. The molecule has 0 radical (unpaired) electrons. The van der Waals surface area contributed by atoms with Gasteiger partial charge in [0, 0.05) is 25.6 Å². The fourth-order valence-corrected chi connectivity index (χ4v) is 1.72. The first kappa shape index (κ1) is 12.6. The highest BCUT2D eigenvalue weighted by atomic mass is 16.5. The molecule has 0 aliphatic rings. The second-order valence-electron chi connectivity index (χ2n) is 3.96. The highest BCUT2D eigenvalue weighted by Crippen LogP contribution is 2.20. The summed E-state index contributed by atoms with van der Waals surface area (Å²) in [6.07, 6.45) is 0. The van der Waals surface area contributed by atoms with Crippen LogP contribution in [0.5, 0.6) is 0 Å². The lowest BCUT2D eigenvalue weighted by Gasteiger charge is -2.03. The van der Waals surface area contributed by atoms with Crippen molar-refractivity contribution in [3.63, 3.8) is 0 Å². The van der Waals surface area contributed by atoms with Crippen LogP contribution in [0, 0.1) is 0 Å². The van der Waals surface area contributed by atoms with Gasteiger partial charge in [-0.05, 0) is 23.8 Å². The molecule has 0 aliphatic carbocycles. The zero-order valence-electron chi connectivity index (χ0n) is 10.1. The Bertz CT molecular complexity index is 547. The Morgan fingerprint density at radius 1 is 1.44 bits per heavy atom. The molecule has 2 rings (SSSR count).